The van der Waals surface area contributed by atoms with Crippen molar-refractivity contribution < 1.29 is 32.9 Å². The highest BCUT2D eigenvalue weighted by atomic mass is 19.3. The van der Waals surface area contributed by atoms with E-state index >= 15 is 0 Å². The molecule has 7 heteroatoms. The average molecular weight is 258 g/mol. The second-order valence-electron chi connectivity index (χ2n) is 4.39. The molecule has 0 aliphatic carbocycles. The van der Waals surface area contributed by atoms with Crippen LogP contribution in [0.2, 0.25) is 0 Å². The predicted octanol–water partition coefficient (Wildman–Crippen LogP) is 1.74. The van der Waals surface area contributed by atoms with E-state index in [1.807, 2.05) is 0 Å². The molecule has 5 nitrogen and oxygen atoms in total. The van der Waals surface area contributed by atoms with Crippen molar-refractivity contribution in [3.63, 3.8) is 0 Å². The minimum Gasteiger partial charge on any atom is -0.492 e. The lowest BCUT2D eigenvalue weighted by molar-refractivity contribution is -0.286. The standard InChI is InChI=1S/C11H8F2O5/c1-10(9(14)15)4-16-6-3-8-7(2-5(6)10)17-11(12,13)18-8/h2-3H,4H2,1H3,(H,14,15)/t10-/m0/s1. The van der Waals surface area contributed by atoms with Crippen molar-refractivity contribution in [2.75, 3.05) is 6.61 Å². The van der Waals surface area contributed by atoms with Crippen LogP contribution in [0.4, 0.5) is 8.78 Å². The third-order valence-electron chi connectivity index (χ3n) is 3.09. The summed E-state index contributed by atoms with van der Waals surface area (Å²) in [5.41, 5.74) is -0.971. The summed E-state index contributed by atoms with van der Waals surface area (Å²) in [7, 11) is 0. The molecule has 0 fully saturated rings. The van der Waals surface area contributed by atoms with Gasteiger partial charge in [0.25, 0.3) is 0 Å². The number of carboxylic acids is 1. The number of hydrogen-bond acceptors (Lipinski definition) is 4. The minimum atomic E-state index is -3.73. The molecule has 3 rings (SSSR count). The summed E-state index contributed by atoms with van der Waals surface area (Å²) >= 11 is 0. The van der Waals surface area contributed by atoms with Gasteiger partial charge < -0.3 is 19.3 Å². The van der Waals surface area contributed by atoms with Crippen LogP contribution in [-0.4, -0.2) is 24.0 Å². The Morgan fingerprint density at radius 2 is 1.89 bits per heavy atom. The summed E-state index contributed by atoms with van der Waals surface area (Å²) in [6, 6.07) is 2.45. The quantitative estimate of drug-likeness (QED) is 0.831. The van der Waals surface area contributed by atoms with Crippen molar-refractivity contribution in [3.8, 4) is 17.2 Å². The fourth-order valence-corrected chi connectivity index (χ4v) is 2.01. The van der Waals surface area contributed by atoms with Crippen LogP contribution in [0.5, 0.6) is 17.2 Å². The van der Waals surface area contributed by atoms with Crippen LogP contribution in [-0.2, 0) is 10.2 Å². The Hall–Kier alpha value is -2.05. The molecule has 1 aromatic carbocycles. The van der Waals surface area contributed by atoms with E-state index in [0.717, 1.165) is 0 Å². The zero-order valence-corrected chi connectivity index (χ0v) is 9.20. The number of rotatable bonds is 1. The lowest BCUT2D eigenvalue weighted by Crippen LogP contribution is -2.33. The second-order valence-corrected chi connectivity index (χ2v) is 4.39. The van der Waals surface area contributed by atoms with Gasteiger partial charge in [-0.3, -0.25) is 4.79 Å². The van der Waals surface area contributed by atoms with Crippen molar-refractivity contribution in [1.82, 2.24) is 0 Å². The number of carboxylic acid groups (broad SMARTS) is 1. The maximum absolute atomic E-state index is 12.9. The fraction of sp³-hybridized carbons (Fsp3) is 0.364. The number of hydrogen-bond donors (Lipinski definition) is 1. The Kier molecular flexibility index (Phi) is 1.87. The van der Waals surface area contributed by atoms with Crippen LogP contribution in [0.1, 0.15) is 12.5 Å². The van der Waals surface area contributed by atoms with E-state index in [0.29, 0.717) is 5.56 Å². The lowest BCUT2D eigenvalue weighted by Gasteiger charge is -2.16. The van der Waals surface area contributed by atoms with Crippen molar-refractivity contribution in [1.29, 1.82) is 0 Å². The van der Waals surface area contributed by atoms with E-state index in [1.165, 1.54) is 19.1 Å². The third kappa shape index (κ3) is 1.33. The van der Waals surface area contributed by atoms with Crippen molar-refractivity contribution in [2.45, 2.75) is 18.6 Å². The van der Waals surface area contributed by atoms with Gasteiger partial charge in [-0.2, -0.15) is 0 Å². The number of halogens is 2. The zero-order valence-electron chi connectivity index (χ0n) is 9.20. The molecule has 0 amide bonds. The van der Waals surface area contributed by atoms with Crippen LogP contribution in [0.3, 0.4) is 0 Å². The molecule has 2 aliphatic rings. The summed E-state index contributed by atoms with van der Waals surface area (Å²) < 4.78 is 39.5. The van der Waals surface area contributed by atoms with Gasteiger partial charge in [-0.25, -0.2) is 0 Å². The number of alkyl halides is 2. The number of carbonyl (C=O) groups is 1. The summed E-state index contributed by atoms with van der Waals surface area (Å²) in [6.07, 6.45) is -3.73. The minimum absolute atomic E-state index is 0.0586. The molecule has 0 radical (unpaired) electrons. The first kappa shape index (κ1) is 11.1. The summed E-state index contributed by atoms with van der Waals surface area (Å²) in [5.74, 6) is -1.21. The zero-order chi connectivity index (χ0) is 13.1. The molecule has 0 bridgehead atoms. The van der Waals surface area contributed by atoms with Crippen LogP contribution in [0.15, 0.2) is 12.1 Å². The van der Waals surface area contributed by atoms with E-state index in [2.05, 4.69) is 9.47 Å². The highest BCUT2D eigenvalue weighted by molar-refractivity contribution is 5.84. The number of ether oxygens (including phenoxy) is 3. The molecule has 96 valence electrons. The largest absolute Gasteiger partial charge is 0.586 e. The first-order valence-electron chi connectivity index (χ1n) is 5.12. The van der Waals surface area contributed by atoms with Gasteiger partial charge in [0, 0.05) is 11.6 Å². The van der Waals surface area contributed by atoms with Crippen LogP contribution in [0, 0.1) is 0 Å². The van der Waals surface area contributed by atoms with Gasteiger partial charge >= 0.3 is 12.3 Å². The van der Waals surface area contributed by atoms with Gasteiger partial charge in [-0.15, -0.1) is 8.78 Å². The Labute approximate surface area is 99.9 Å². The van der Waals surface area contributed by atoms with Crippen molar-refractivity contribution in [2.24, 2.45) is 0 Å². The lowest BCUT2D eigenvalue weighted by atomic mass is 9.84. The molecular formula is C11H8F2O5. The molecule has 0 saturated heterocycles. The van der Waals surface area contributed by atoms with Gasteiger partial charge in [-0.1, -0.05) is 0 Å². The molecular weight excluding hydrogens is 250 g/mol. The Morgan fingerprint density at radius 1 is 1.28 bits per heavy atom. The molecule has 0 unspecified atom stereocenters. The molecule has 2 aliphatic heterocycles. The monoisotopic (exact) mass is 258 g/mol. The van der Waals surface area contributed by atoms with Crippen molar-refractivity contribution >= 4 is 5.97 Å². The summed E-state index contributed by atoms with van der Waals surface area (Å²) in [5, 5.41) is 9.17. The molecule has 0 aromatic heterocycles. The smallest absolute Gasteiger partial charge is 0.492 e. The maximum atomic E-state index is 12.9. The van der Waals surface area contributed by atoms with E-state index in [-0.39, 0.29) is 23.9 Å². The van der Waals surface area contributed by atoms with Crippen LogP contribution in [0.25, 0.3) is 0 Å². The van der Waals surface area contributed by atoms with Gasteiger partial charge in [0.2, 0.25) is 0 Å². The maximum Gasteiger partial charge on any atom is 0.586 e. The number of benzene rings is 1. The molecule has 18 heavy (non-hydrogen) atoms. The van der Waals surface area contributed by atoms with Crippen LogP contribution >= 0.6 is 0 Å². The normalized spacial score (nSPS) is 26.6. The van der Waals surface area contributed by atoms with Crippen LogP contribution < -0.4 is 14.2 Å². The molecule has 0 spiro atoms. The van der Waals surface area contributed by atoms with E-state index in [9.17, 15) is 18.7 Å². The SMILES string of the molecule is C[C@]1(C(=O)O)COc2cc3c(cc21)OC(F)(F)O3. The van der Waals surface area contributed by atoms with Gasteiger partial charge in [0.1, 0.15) is 17.8 Å². The second kappa shape index (κ2) is 3.04. The highest BCUT2D eigenvalue weighted by Gasteiger charge is 2.48. The topological polar surface area (TPSA) is 65.0 Å². The molecule has 1 aromatic rings. The van der Waals surface area contributed by atoms with Gasteiger partial charge in [0.05, 0.1) is 0 Å². The first-order chi connectivity index (χ1) is 8.32. The molecule has 0 saturated carbocycles. The summed E-state index contributed by atoms with van der Waals surface area (Å²) in [6.45, 7) is 1.40. The van der Waals surface area contributed by atoms with E-state index in [4.69, 9.17) is 4.74 Å². The van der Waals surface area contributed by atoms with Gasteiger partial charge in [0.15, 0.2) is 11.5 Å². The third-order valence-corrected chi connectivity index (χ3v) is 3.09. The molecule has 2 heterocycles. The Balaban J connectivity index is 2.11. The fourth-order valence-electron chi connectivity index (χ4n) is 2.01. The number of aliphatic carboxylic acids is 1. The van der Waals surface area contributed by atoms with E-state index in [1.54, 1.807) is 0 Å². The summed E-state index contributed by atoms with van der Waals surface area (Å²) in [4.78, 5) is 11.2. The molecule has 1 N–H and O–H groups in total. The highest BCUT2D eigenvalue weighted by Crippen LogP contribution is 2.49. The number of fused-ring (bicyclic) bond motifs is 2. The Morgan fingerprint density at radius 3 is 2.50 bits per heavy atom. The first-order valence-corrected chi connectivity index (χ1v) is 5.12. The molecule has 1 atom stereocenters. The Bertz CT molecular complexity index is 557. The van der Waals surface area contributed by atoms with Crippen molar-refractivity contribution in [3.05, 3.63) is 17.7 Å². The van der Waals surface area contributed by atoms with Gasteiger partial charge in [-0.05, 0) is 13.0 Å². The average Bonchev–Trinajstić information content (AvgIpc) is 2.72. The van der Waals surface area contributed by atoms with E-state index < -0.39 is 17.7 Å². The predicted molar refractivity (Wildman–Crippen MR) is 53.1 cm³/mol.